The van der Waals surface area contributed by atoms with E-state index in [1.807, 2.05) is 48.5 Å². The van der Waals surface area contributed by atoms with Crippen LogP contribution in [0.4, 0.5) is 0 Å². The lowest BCUT2D eigenvalue weighted by molar-refractivity contribution is -0.387. The molecule has 0 aliphatic rings. The summed E-state index contributed by atoms with van der Waals surface area (Å²) in [4.78, 5) is 80.1. The number of rotatable bonds is 61. The number of hydrogen-bond donors (Lipinski definition) is 5. The predicted octanol–water partition coefficient (Wildman–Crippen LogP) is 15.9. The van der Waals surface area contributed by atoms with Crippen molar-refractivity contribution in [2.75, 3.05) is 58.9 Å². The van der Waals surface area contributed by atoms with Gasteiger partial charge in [-0.25, -0.2) is 0 Å². The molecule has 0 bridgehead atoms. The number of nitrogens with one attached hydrogen (secondary N) is 2. The molecule has 0 fully saturated rings. The first-order valence-corrected chi connectivity index (χ1v) is 39.4. The van der Waals surface area contributed by atoms with Gasteiger partial charge in [-0.1, -0.05) is 246 Å². The number of carbonyl (C=O) groups excluding carboxylic acids is 5. The van der Waals surface area contributed by atoms with Gasteiger partial charge in [0.1, 0.15) is 0 Å². The van der Waals surface area contributed by atoms with Crippen LogP contribution in [0.2, 0.25) is 0 Å². The predicted molar refractivity (Wildman–Crippen MR) is 394 cm³/mol. The highest BCUT2D eigenvalue weighted by molar-refractivity contribution is 5.95. The largest absolute Gasteiger partial charge is 0.357 e. The van der Waals surface area contributed by atoms with Crippen LogP contribution >= 0.6 is 0 Å². The second-order valence-corrected chi connectivity index (χ2v) is 27.9. The molecule has 0 heterocycles. The van der Waals surface area contributed by atoms with Gasteiger partial charge in [0, 0.05) is 106 Å². The third-order valence-corrected chi connectivity index (χ3v) is 19.6. The van der Waals surface area contributed by atoms with E-state index in [0.717, 1.165) is 147 Å². The Hall–Kier alpha value is -4.77. The van der Waals surface area contributed by atoms with E-state index in [1.54, 1.807) is 0 Å². The van der Waals surface area contributed by atoms with Gasteiger partial charge in [0.15, 0.2) is 0 Å². The van der Waals surface area contributed by atoms with Crippen molar-refractivity contribution < 1.29 is 41.2 Å². The molecule has 0 aliphatic heterocycles. The third-order valence-electron chi connectivity index (χ3n) is 19.6. The summed E-state index contributed by atoms with van der Waals surface area (Å²) in [5, 5.41) is 6.86. The number of quaternary nitrogens is 3. The first-order chi connectivity index (χ1) is 45.8. The van der Waals surface area contributed by atoms with Gasteiger partial charge in [-0.05, 0) is 106 Å². The van der Waals surface area contributed by atoms with E-state index in [2.05, 4.69) is 95.9 Å². The second-order valence-electron chi connectivity index (χ2n) is 27.9. The minimum atomic E-state index is -1.03. The highest BCUT2D eigenvalue weighted by Crippen LogP contribution is 2.30. The Kier molecular flexibility index (Phi) is 51.1. The van der Waals surface area contributed by atoms with E-state index in [1.165, 1.54) is 154 Å². The molecule has 11 N–H and O–H groups in total. The molecule has 13 nitrogen and oxygen atoms in total. The van der Waals surface area contributed by atoms with E-state index in [4.69, 9.17) is 0 Å². The maximum absolute atomic E-state index is 15.2. The van der Waals surface area contributed by atoms with Gasteiger partial charge in [-0.2, -0.15) is 0 Å². The van der Waals surface area contributed by atoms with Crippen molar-refractivity contribution in [1.29, 1.82) is 0 Å². The Bertz CT molecular complexity index is 2100. The molecule has 13 heteroatoms. The summed E-state index contributed by atoms with van der Waals surface area (Å²) in [5.74, 6) is 6.42. The van der Waals surface area contributed by atoms with E-state index in [0.29, 0.717) is 50.0 Å². The average Bonchev–Trinajstić information content (AvgIpc) is 0.942. The van der Waals surface area contributed by atoms with Crippen molar-refractivity contribution in [3.63, 3.8) is 0 Å². The molecule has 0 aromatic heterocycles. The zero-order chi connectivity index (χ0) is 68.6. The Morgan fingerprint density at radius 2 is 0.511 bits per heavy atom. The van der Waals surface area contributed by atoms with Gasteiger partial charge in [0.2, 0.25) is 17.7 Å². The SMILES string of the molecule is CCCCCCCCN(CCCCCCCC)C(=O)CCC(CCC(=O)N(CCCCCCCC)CCCCCCCC)(CCC(=O)N(CCCCCCCC)CCCCCCCC)NC(=O)c1ccc(C#Cc2ccc(C(=O)NC(CC[NH3+])(CC[NH3+])CC[NH3+])cc2)cc1. The van der Waals surface area contributed by atoms with E-state index >= 15 is 19.2 Å². The number of amides is 5. The van der Waals surface area contributed by atoms with Crippen LogP contribution in [0.25, 0.3) is 0 Å². The third kappa shape index (κ3) is 39.4. The van der Waals surface area contributed by atoms with Crippen molar-refractivity contribution in [1.82, 2.24) is 25.3 Å². The minimum Gasteiger partial charge on any atom is -0.357 e. The van der Waals surface area contributed by atoms with Crippen LogP contribution in [-0.2, 0) is 14.4 Å². The van der Waals surface area contributed by atoms with Gasteiger partial charge < -0.3 is 42.5 Å². The quantitative estimate of drug-likeness (QED) is 0.0323. The zero-order valence-corrected chi connectivity index (χ0v) is 61.8. The van der Waals surface area contributed by atoms with Crippen LogP contribution in [0.15, 0.2) is 48.5 Å². The van der Waals surface area contributed by atoms with E-state index < -0.39 is 5.54 Å². The standard InChI is InChI=1S/C81H142N8O5/c1-7-13-19-25-31-37-65-87(66-38-32-26-20-14-8-2)75(90)53-56-80(57-54-76(91)88(67-39-33-27-21-15-9-3)68-40-34-28-22-16-10-4,58-55-77(92)89(69-41-35-29-23-17-11-5)70-42-36-30-24-18-12-6)85-78(93)73-49-45-71(46-50-73)43-44-72-47-51-74(52-48-72)79(94)86-81(59-62-82,60-63-83)61-64-84/h45-52H,7-42,53-70,82-84H2,1-6H3,(H,85,93)(H,86,94)/p+3. The molecule has 5 amide bonds. The topological polar surface area (TPSA) is 202 Å². The number of carbonyl (C=O) groups is 5. The number of hydrogen-bond acceptors (Lipinski definition) is 5. The first-order valence-electron chi connectivity index (χ1n) is 39.4. The summed E-state index contributed by atoms with van der Waals surface area (Å²) in [6.45, 7) is 19.9. The van der Waals surface area contributed by atoms with Crippen LogP contribution in [0.3, 0.4) is 0 Å². The molecule has 0 atom stereocenters. The normalized spacial score (nSPS) is 11.5. The van der Waals surface area contributed by atoms with E-state index in [9.17, 15) is 4.79 Å². The summed E-state index contributed by atoms with van der Waals surface area (Å²) in [6, 6.07) is 14.7. The van der Waals surface area contributed by atoms with Crippen molar-refractivity contribution in [2.45, 2.75) is 342 Å². The molecule has 2 aromatic rings. The first kappa shape index (κ1) is 85.3. The molecule has 0 aliphatic carbocycles. The molecule has 0 spiro atoms. The van der Waals surface area contributed by atoms with Gasteiger partial charge in [0.05, 0.1) is 25.2 Å². The van der Waals surface area contributed by atoms with Crippen molar-refractivity contribution in [2.24, 2.45) is 0 Å². The maximum atomic E-state index is 15.2. The molecule has 94 heavy (non-hydrogen) atoms. The molecule has 2 aromatic carbocycles. The summed E-state index contributed by atoms with van der Waals surface area (Å²) >= 11 is 0. The lowest BCUT2D eigenvalue weighted by Crippen LogP contribution is -2.64. The zero-order valence-electron chi connectivity index (χ0n) is 61.8. The number of benzene rings is 2. The van der Waals surface area contributed by atoms with Crippen molar-refractivity contribution in [3.8, 4) is 11.8 Å². The monoisotopic (exact) mass is 1310 g/mol. The lowest BCUT2D eigenvalue weighted by atomic mass is 9.82. The van der Waals surface area contributed by atoms with Crippen molar-refractivity contribution >= 4 is 29.5 Å². The number of unbranched alkanes of at least 4 members (excludes halogenated alkanes) is 30. The van der Waals surface area contributed by atoms with Gasteiger partial charge in [-0.15, -0.1) is 0 Å². The lowest BCUT2D eigenvalue weighted by Gasteiger charge is -2.37. The summed E-state index contributed by atoms with van der Waals surface area (Å²) in [7, 11) is 0. The smallest absolute Gasteiger partial charge is 0.251 e. The molecule has 0 saturated heterocycles. The minimum absolute atomic E-state index is 0.0982. The van der Waals surface area contributed by atoms with E-state index in [-0.39, 0.29) is 54.3 Å². The Labute approximate surface area is 576 Å². The fraction of sp³-hybridized carbons (Fsp3) is 0.765. The van der Waals surface area contributed by atoms with Gasteiger partial charge >= 0.3 is 0 Å². The Morgan fingerprint density at radius 3 is 0.723 bits per heavy atom. The molecule has 0 saturated carbocycles. The fourth-order valence-electron chi connectivity index (χ4n) is 13.4. The molecule has 0 unspecified atom stereocenters. The maximum Gasteiger partial charge on any atom is 0.251 e. The summed E-state index contributed by atoms with van der Waals surface area (Å²) in [6.07, 6.45) is 45.2. The molecule has 536 valence electrons. The summed E-state index contributed by atoms with van der Waals surface area (Å²) in [5.41, 5.74) is 13.3. The molecule has 0 radical (unpaired) electrons. The van der Waals surface area contributed by atoms with Gasteiger partial charge in [-0.3, -0.25) is 24.0 Å². The van der Waals surface area contributed by atoms with Gasteiger partial charge in [0.25, 0.3) is 11.8 Å². The average molecular weight is 1310 g/mol. The van der Waals surface area contributed by atoms with Crippen LogP contribution in [0.1, 0.15) is 362 Å². The molecular weight excluding hydrogens is 1160 g/mol. The van der Waals surface area contributed by atoms with Crippen LogP contribution < -0.4 is 27.8 Å². The molecular formula is C81H145N8O5+3. The Balaban J connectivity index is 2.74. The highest BCUT2D eigenvalue weighted by atomic mass is 16.2. The molecule has 2 rings (SSSR count). The second kappa shape index (κ2) is 56.3. The van der Waals surface area contributed by atoms with Crippen LogP contribution in [0.5, 0.6) is 0 Å². The highest BCUT2D eigenvalue weighted by Gasteiger charge is 2.36. The van der Waals surface area contributed by atoms with Crippen LogP contribution in [0, 0.1) is 11.8 Å². The van der Waals surface area contributed by atoms with Crippen LogP contribution in [-0.4, -0.2) is 114 Å². The number of nitrogens with zero attached hydrogens (tertiary/aromatic N) is 3. The fourth-order valence-corrected chi connectivity index (χ4v) is 13.4. The Morgan fingerprint density at radius 1 is 0.309 bits per heavy atom. The van der Waals surface area contributed by atoms with Crippen molar-refractivity contribution in [3.05, 3.63) is 70.8 Å². The summed E-state index contributed by atoms with van der Waals surface area (Å²) < 4.78 is 0.